The molecule has 6 heteroatoms. The van der Waals surface area contributed by atoms with Gasteiger partial charge >= 0.3 is 0 Å². The number of hydrogen-bond donors (Lipinski definition) is 1. The van der Waals surface area contributed by atoms with Crippen LogP contribution in [0.25, 0.3) is 0 Å². The lowest BCUT2D eigenvalue weighted by atomic mass is 10.0. The van der Waals surface area contributed by atoms with Crippen molar-refractivity contribution in [3.8, 4) is 6.07 Å². The number of aromatic nitrogens is 2. The minimum atomic E-state index is -0.0384. The molecule has 128 valence electrons. The Morgan fingerprint density at radius 3 is 2.68 bits per heavy atom. The summed E-state index contributed by atoms with van der Waals surface area (Å²) in [5, 5.41) is 13.0. The van der Waals surface area contributed by atoms with Crippen LogP contribution < -0.4 is 5.32 Å². The van der Waals surface area contributed by atoms with E-state index >= 15 is 0 Å². The number of nitrogens with zero attached hydrogens (tertiary/aromatic N) is 3. The van der Waals surface area contributed by atoms with Crippen LogP contribution in [0.15, 0.2) is 35.4 Å². The summed E-state index contributed by atoms with van der Waals surface area (Å²) in [5.41, 5.74) is 2.25. The Bertz CT molecular complexity index is 812. The van der Waals surface area contributed by atoms with E-state index < -0.39 is 0 Å². The number of benzene rings is 1. The number of nitrogens with one attached hydrogen (secondary N) is 1. The molecule has 25 heavy (non-hydrogen) atoms. The normalized spacial score (nSPS) is 14.6. The zero-order chi connectivity index (χ0) is 17.8. The van der Waals surface area contributed by atoms with Gasteiger partial charge in [-0.05, 0) is 38.2 Å². The molecule has 0 bridgehead atoms. The second-order valence-electron chi connectivity index (χ2n) is 6.23. The van der Waals surface area contributed by atoms with Crippen LogP contribution in [-0.4, -0.2) is 21.6 Å². The maximum atomic E-state index is 12.4. The average Bonchev–Trinajstić information content (AvgIpc) is 3.43. The fraction of sp³-hybridized carbons (Fsp3) is 0.368. The van der Waals surface area contributed by atoms with Crippen LogP contribution in [0.5, 0.6) is 0 Å². The number of thioether (sulfide) groups is 1. The van der Waals surface area contributed by atoms with Crippen molar-refractivity contribution in [1.82, 2.24) is 15.3 Å². The highest BCUT2D eigenvalue weighted by molar-refractivity contribution is 8.00. The summed E-state index contributed by atoms with van der Waals surface area (Å²) in [4.78, 5) is 21.0. The number of amides is 1. The third kappa shape index (κ3) is 4.37. The minimum absolute atomic E-state index is 0.0384. The van der Waals surface area contributed by atoms with Gasteiger partial charge in [0.1, 0.15) is 22.5 Å². The third-order valence-corrected chi connectivity index (χ3v) is 5.16. The van der Waals surface area contributed by atoms with Crippen molar-refractivity contribution in [3.05, 3.63) is 53.0 Å². The van der Waals surface area contributed by atoms with E-state index in [1.54, 1.807) is 13.8 Å². The molecule has 1 amide bonds. The maximum Gasteiger partial charge on any atom is 0.230 e. The van der Waals surface area contributed by atoms with Crippen LogP contribution in [0.1, 0.15) is 41.5 Å². The second kappa shape index (κ2) is 7.66. The van der Waals surface area contributed by atoms with E-state index in [0.29, 0.717) is 28.0 Å². The van der Waals surface area contributed by atoms with E-state index in [4.69, 9.17) is 0 Å². The predicted octanol–water partition coefficient (Wildman–Crippen LogP) is 3.32. The predicted molar refractivity (Wildman–Crippen MR) is 97.0 cm³/mol. The van der Waals surface area contributed by atoms with Gasteiger partial charge in [0.05, 0.1) is 17.5 Å². The van der Waals surface area contributed by atoms with Crippen LogP contribution in [0, 0.1) is 31.1 Å². The zero-order valence-electron chi connectivity index (χ0n) is 14.3. The van der Waals surface area contributed by atoms with Gasteiger partial charge in [0.25, 0.3) is 0 Å². The minimum Gasteiger partial charge on any atom is -0.348 e. The zero-order valence-corrected chi connectivity index (χ0v) is 15.1. The Hall–Kier alpha value is -2.39. The molecule has 0 saturated heterocycles. The Balaban J connectivity index is 1.66. The molecular weight excluding hydrogens is 332 g/mol. The fourth-order valence-electron chi connectivity index (χ4n) is 2.83. The lowest BCUT2D eigenvalue weighted by Gasteiger charge is -2.18. The van der Waals surface area contributed by atoms with Crippen LogP contribution >= 0.6 is 11.8 Å². The molecule has 1 aromatic heterocycles. The summed E-state index contributed by atoms with van der Waals surface area (Å²) in [6.45, 7) is 3.58. The van der Waals surface area contributed by atoms with Crippen molar-refractivity contribution in [3.63, 3.8) is 0 Å². The molecule has 1 N–H and O–H groups in total. The first-order valence-electron chi connectivity index (χ1n) is 8.31. The highest BCUT2D eigenvalue weighted by Crippen LogP contribution is 2.41. The topological polar surface area (TPSA) is 78.7 Å². The van der Waals surface area contributed by atoms with Gasteiger partial charge in [-0.25, -0.2) is 9.97 Å². The van der Waals surface area contributed by atoms with Crippen molar-refractivity contribution < 1.29 is 4.79 Å². The van der Waals surface area contributed by atoms with Gasteiger partial charge in [-0.1, -0.05) is 42.1 Å². The van der Waals surface area contributed by atoms with Gasteiger partial charge in [0.2, 0.25) is 5.91 Å². The smallest absolute Gasteiger partial charge is 0.230 e. The quantitative estimate of drug-likeness (QED) is 0.637. The van der Waals surface area contributed by atoms with Gasteiger partial charge in [0.15, 0.2) is 0 Å². The molecule has 0 aliphatic heterocycles. The summed E-state index contributed by atoms with van der Waals surface area (Å²) in [6, 6.07) is 12.3. The standard InChI is InChI=1S/C19H20N4OS/c1-12-16(10-20)19(22-13(2)21-12)25-11-17(24)23-18(15-8-9-15)14-6-4-3-5-7-14/h3-7,15,18H,8-9,11H2,1-2H3,(H,23,24). The highest BCUT2D eigenvalue weighted by atomic mass is 32.2. The van der Waals surface area contributed by atoms with E-state index in [-0.39, 0.29) is 17.7 Å². The number of carbonyl (C=O) groups excluding carboxylic acids is 1. The highest BCUT2D eigenvalue weighted by Gasteiger charge is 2.33. The van der Waals surface area contributed by atoms with E-state index in [9.17, 15) is 10.1 Å². The Morgan fingerprint density at radius 1 is 1.32 bits per heavy atom. The van der Waals surface area contributed by atoms with Gasteiger partial charge in [-0.15, -0.1) is 0 Å². The number of nitriles is 1. The number of aryl methyl sites for hydroxylation is 2. The largest absolute Gasteiger partial charge is 0.348 e. The van der Waals surface area contributed by atoms with E-state index in [2.05, 4.69) is 33.5 Å². The lowest BCUT2D eigenvalue weighted by Crippen LogP contribution is -2.31. The first kappa shape index (κ1) is 17.4. The molecule has 0 radical (unpaired) electrons. The molecule has 0 spiro atoms. The molecule has 1 aromatic carbocycles. The van der Waals surface area contributed by atoms with E-state index in [0.717, 1.165) is 18.4 Å². The lowest BCUT2D eigenvalue weighted by molar-refractivity contribution is -0.119. The Labute approximate surface area is 151 Å². The first-order chi connectivity index (χ1) is 12.1. The van der Waals surface area contributed by atoms with Gasteiger partial charge < -0.3 is 5.32 Å². The average molecular weight is 352 g/mol. The third-order valence-electron chi connectivity index (χ3n) is 4.19. The van der Waals surface area contributed by atoms with Crippen LogP contribution in [-0.2, 0) is 4.79 Å². The molecule has 1 aliphatic rings. The van der Waals surface area contributed by atoms with Crippen LogP contribution in [0.3, 0.4) is 0 Å². The van der Waals surface area contributed by atoms with Gasteiger partial charge in [-0.2, -0.15) is 5.26 Å². The van der Waals surface area contributed by atoms with Gasteiger partial charge in [-0.3, -0.25) is 4.79 Å². The molecule has 1 unspecified atom stereocenters. The Morgan fingerprint density at radius 2 is 2.04 bits per heavy atom. The molecule has 1 aliphatic carbocycles. The summed E-state index contributed by atoms with van der Waals surface area (Å²) in [6.07, 6.45) is 2.30. The molecule has 3 rings (SSSR count). The fourth-order valence-corrected chi connectivity index (χ4v) is 3.71. The summed E-state index contributed by atoms with van der Waals surface area (Å²) in [5.74, 6) is 1.33. The number of hydrogen-bond acceptors (Lipinski definition) is 5. The number of carbonyl (C=O) groups is 1. The monoisotopic (exact) mass is 352 g/mol. The number of rotatable bonds is 6. The first-order valence-corrected chi connectivity index (χ1v) is 9.29. The summed E-state index contributed by atoms with van der Waals surface area (Å²) in [7, 11) is 0. The molecule has 1 heterocycles. The van der Waals surface area contributed by atoms with Crippen molar-refractivity contribution >= 4 is 17.7 Å². The van der Waals surface area contributed by atoms with Crippen molar-refractivity contribution in [2.75, 3.05) is 5.75 Å². The molecule has 5 nitrogen and oxygen atoms in total. The van der Waals surface area contributed by atoms with E-state index in [1.165, 1.54) is 11.8 Å². The molecule has 1 atom stereocenters. The van der Waals surface area contributed by atoms with Crippen LogP contribution in [0.2, 0.25) is 0 Å². The molecule has 1 fully saturated rings. The molecule has 2 aromatic rings. The molecular formula is C19H20N4OS. The summed E-state index contributed by atoms with van der Waals surface area (Å²) >= 11 is 1.29. The van der Waals surface area contributed by atoms with Crippen molar-refractivity contribution in [2.45, 2.75) is 37.8 Å². The van der Waals surface area contributed by atoms with Crippen LogP contribution in [0.4, 0.5) is 0 Å². The van der Waals surface area contributed by atoms with E-state index in [1.807, 2.05) is 18.2 Å². The van der Waals surface area contributed by atoms with Crippen molar-refractivity contribution in [1.29, 1.82) is 5.26 Å². The second-order valence-corrected chi connectivity index (χ2v) is 7.19. The summed E-state index contributed by atoms with van der Waals surface area (Å²) < 4.78 is 0. The maximum absolute atomic E-state index is 12.4. The van der Waals surface area contributed by atoms with Gasteiger partial charge in [0, 0.05) is 0 Å². The molecule has 1 saturated carbocycles. The van der Waals surface area contributed by atoms with Crippen molar-refractivity contribution in [2.24, 2.45) is 5.92 Å². The SMILES string of the molecule is Cc1nc(C)c(C#N)c(SCC(=O)NC(c2ccccc2)C2CC2)n1. The Kier molecular flexibility index (Phi) is 5.34.